The molecule has 0 saturated heterocycles. The summed E-state index contributed by atoms with van der Waals surface area (Å²) in [5.41, 5.74) is 6.53. The number of fused-ring (bicyclic) bond motifs is 1. The number of benzene rings is 1. The van der Waals surface area contributed by atoms with Crippen LogP contribution in [0.3, 0.4) is 0 Å². The molecule has 1 aromatic rings. The lowest BCUT2D eigenvalue weighted by Gasteiger charge is -2.33. The Morgan fingerprint density at radius 1 is 1.02 bits per heavy atom. The lowest BCUT2D eigenvalue weighted by Crippen LogP contribution is -2.30. The molecule has 0 amide bonds. The Kier molecular flexibility index (Phi) is 15.6. The Morgan fingerprint density at radius 2 is 1.65 bits per heavy atom. The molecule has 0 fully saturated rings. The van der Waals surface area contributed by atoms with Gasteiger partial charge < -0.3 is 0 Å². The monoisotopic (exact) mass is 554 g/mol. The molecule has 228 valence electrons. The summed E-state index contributed by atoms with van der Waals surface area (Å²) in [7, 11) is 0. The van der Waals surface area contributed by atoms with Crippen molar-refractivity contribution in [3.8, 4) is 0 Å². The van der Waals surface area contributed by atoms with Gasteiger partial charge in [0.05, 0.1) is 6.42 Å². The van der Waals surface area contributed by atoms with E-state index in [0.717, 1.165) is 50.5 Å². The highest BCUT2D eigenvalue weighted by Crippen LogP contribution is 2.40. The Balaban J connectivity index is 0.00000254. The number of carbonyl (C=O) groups excluding carboxylic acids is 3. The van der Waals surface area contributed by atoms with Crippen LogP contribution in [0.4, 0.5) is 0 Å². The summed E-state index contributed by atoms with van der Waals surface area (Å²) in [5.74, 6) is 1.14. The van der Waals surface area contributed by atoms with Crippen LogP contribution in [0.2, 0.25) is 0 Å². The van der Waals surface area contributed by atoms with Crippen molar-refractivity contribution in [3.05, 3.63) is 33.9 Å². The van der Waals surface area contributed by atoms with Crippen molar-refractivity contribution < 1.29 is 14.4 Å². The molecule has 2 rings (SSSR count). The van der Waals surface area contributed by atoms with Gasteiger partial charge in [-0.1, -0.05) is 94.1 Å². The van der Waals surface area contributed by atoms with Crippen LogP contribution < -0.4 is 0 Å². The summed E-state index contributed by atoms with van der Waals surface area (Å²) in [5, 5.41) is 0. The molecule has 3 unspecified atom stereocenters. The number of hydrogen-bond acceptors (Lipinski definition) is 3. The van der Waals surface area contributed by atoms with Crippen LogP contribution in [0.15, 0.2) is 6.07 Å². The van der Waals surface area contributed by atoms with Crippen molar-refractivity contribution in [3.63, 3.8) is 0 Å². The van der Waals surface area contributed by atoms with Gasteiger partial charge in [-0.2, -0.15) is 0 Å². The topological polar surface area (TPSA) is 51.2 Å². The third-order valence-corrected chi connectivity index (χ3v) is 8.47. The van der Waals surface area contributed by atoms with Gasteiger partial charge in [-0.15, -0.1) is 0 Å². The second-order valence-corrected chi connectivity index (χ2v) is 14.1. The maximum absolute atomic E-state index is 13.7. The molecule has 0 aromatic heterocycles. The smallest absolute Gasteiger partial charge is 0.163 e. The minimum Gasteiger partial charge on any atom is -0.300 e. The summed E-state index contributed by atoms with van der Waals surface area (Å²) in [6.07, 6.45) is 11.1. The number of aryl methyl sites for hydroxylation is 1. The van der Waals surface area contributed by atoms with E-state index >= 15 is 0 Å². The summed E-state index contributed by atoms with van der Waals surface area (Å²) in [6.45, 7) is 23.5. The van der Waals surface area contributed by atoms with Crippen LogP contribution in [0.25, 0.3) is 0 Å². The van der Waals surface area contributed by atoms with Gasteiger partial charge in [0.1, 0.15) is 11.6 Å². The summed E-state index contributed by atoms with van der Waals surface area (Å²) >= 11 is 0. The molecule has 0 N–H and O–H groups in total. The van der Waals surface area contributed by atoms with E-state index in [1.807, 2.05) is 0 Å². The van der Waals surface area contributed by atoms with Crippen LogP contribution in [0.1, 0.15) is 172 Å². The van der Waals surface area contributed by atoms with Crippen molar-refractivity contribution in [2.75, 3.05) is 0 Å². The average Bonchev–Trinajstić information content (AvgIpc) is 2.82. The summed E-state index contributed by atoms with van der Waals surface area (Å²) in [4.78, 5) is 38.2. The Hall–Kier alpha value is -1.77. The minimum absolute atomic E-state index is 0.0420. The van der Waals surface area contributed by atoms with E-state index in [2.05, 4.69) is 75.3 Å². The molecule has 40 heavy (non-hydrogen) atoms. The molecule has 1 aliphatic carbocycles. The molecule has 0 heterocycles. The minimum atomic E-state index is -0.0814. The molecule has 1 aliphatic rings. The number of Topliss-reactive ketones (excluding diaryl/α,β-unsaturated/α-hetero) is 3. The van der Waals surface area contributed by atoms with E-state index < -0.39 is 0 Å². The maximum atomic E-state index is 13.7. The average molecular weight is 555 g/mol. The van der Waals surface area contributed by atoms with Gasteiger partial charge in [-0.3, -0.25) is 14.4 Å². The highest BCUT2D eigenvalue weighted by molar-refractivity contribution is 6.01. The lowest BCUT2D eigenvalue weighted by molar-refractivity contribution is -0.129. The summed E-state index contributed by atoms with van der Waals surface area (Å²) in [6, 6.07) is 2.40. The second-order valence-electron chi connectivity index (χ2n) is 14.1. The number of carbonyl (C=O) groups is 3. The fourth-order valence-electron chi connectivity index (χ4n) is 6.63. The van der Waals surface area contributed by atoms with Crippen LogP contribution in [-0.2, 0) is 22.4 Å². The van der Waals surface area contributed by atoms with E-state index in [4.69, 9.17) is 0 Å². The first kappa shape index (κ1) is 36.3. The lowest BCUT2D eigenvalue weighted by atomic mass is 9.70. The number of ketones is 3. The fraction of sp³-hybridized carbons (Fsp3) is 0.757. The molecular formula is C37H62O3. The van der Waals surface area contributed by atoms with Crippen molar-refractivity contribution in [1.29, 1.82) is 0 Å². The van der Waals surface area contributed by atoms with Crippen LogP contribution >= 0.6 is 0 Å². The summed E-state index contributed by atoms with van der Waals surface area (Å²) < 4.78 is 0. The molecule has 0 spiro atoms. The van der Waals surface area contributed by atoms with E-state index in [1.165, 1.54) is 48.4 Å². The van der Waals surface area contributed by atoms with Crippen LogP contribution in [0.5, 0.6) is 0 Å². The molecule has 3 atom stereocenters. The number of hydrogen-bond donors (Lipinski definition) is 0. The molecule has 0 saturated carbocycles. The van der Waals surface area contributed by atoms with E-state index in [0.29, 0.717) is 23.5 Å². The molecule has 3 nitrogen and oxygen atoms in total. The van der Waals surface area contributed by atoms with E-state index in [1.54, 1.807) is 0 Å². The van der Waals surface area contributed by atoms with Crippen LogP contribution in [-0.4, -0.2) is 17.3 Å². The maximum Gasteiger partial charge on any atom is 0.163 e. The number of rotatable bonds is 14. The van der Waals surface area contributed by atoms with Crippen molar-refractivity contribution in [2.45, 2.75) is 159 Å². The van der Waals surface area contributed by atoms with Gasteiger partial charge in [-0.25, -0.2) is 0 Å². The zero-order valence-corrected chi connectivity index (χ0v) is 28.1. The van der Waals surface area contributed by atoms with Gasteiger partial charge >= 0.3 is 0 Å². The predicted molar refractivity (Wildman–Crippen MR) is 171 cm³/mol. The van der Waals surface area contributed by atoms with Gasteiger partial charge in [-0.05, 0) is 97.8 Å². The zero-order chi connectivity index (χ0) is 30.6. The van der Waals surface area contributed by atoms with Gasteiger partial charge in [0.2, 0.25) is 0 Å². The largest absolute Gasteiger partial charge is 0.300 e. The predicted octanol–water partition coefficient (Wildman–Crippen LogP) is 10.4. The molecular weight excluding hydrogens is 492 g/mol. The molecule has 0 bridgehead atoms. The molecule has 0 aliphatic heterocycles. The van der Waals surface area contributed by atoms with Crippen molar-refractivity contribution >= 4 is 17.3 Å². The molecule has 3 heteroatoms. The van der Waals surface area contributed by atoms with E-state index in [9.17, 15) is 14.4 Å². The van der Waals surface area contributed by atoms with Crippen molar-refractivity contribution in [2.24, 2.45) is 23.2 Å². The van der Waals surface area contributed by atoms with Gasteiger partial charge in [0.25, 0.3) is 0 Å². The van der Waals surface area contributed by atoms with Crippen LogP contribution in [0, 0.1) is 30.1 Å². The number of unbranched alkanes of at least 4 members (excludes halogenated alkanes) is 1. The Morgan fingerprint density at radius 3 is 2.15 bits per heavy atom. The fourth-order valence-corrected chi connectivity index (χ4v) is 6.63. The first-order chi connectivity index (χ1) is 18.7. The quantitative estimate of drug-likeness (QED) is 0.170. The van der Waals surface area contributed by atoms with Crippen molar-refractivity contribution in [1.82, 2.24) is 0 Å². The zero-order valence-electron chi connectivity index (χ0n) is 28.1. The molecule has 1 aromatic carbocycles. The van der Waals surface area contributed by atoms with E-state index in [-0.39, 0.29) is 35.7 Å². The SMILES string of the molecule is CCC.CCCC(CC1CC(=O)c2c(C)c(CCCCC(C)(C)C)cc(C(C)C)c2C1)C(CC)C(=O)CC(C)=O. The highest BCUT2D eigenvalue weighted by atomic mass is 16.1. The normalized spacial score (nSPS) is 16.7. The Bertz CT molecular complexity index is 963. The first-order valence-corrected chi connectivity index (χ1v) is 16.4. The second kappa shape index (κ2) is 17.2. The van der Waals surface area contributed by atoms with Gasteiger partial charge in [0, 0.05) is 17.9 Å². The Labute approximate surface area is 247 Å². The standard InChI is InChI=1S/C34H54O3.C3H8/c1-10-14-27(28(11-2)31(36)17-23(5)35)18-25-19-30-29(22(3)4)21-26(15-12-13-16-34(7,8)9)24(6)33(30)32(37)20-25;1-3-2/h21-22,25,27-28H,10-20H2,1-9H3;3H2,1-2H3. The third-order valence-electron chi connectivity index (χ3n) is 8.47. The first-order valence-electron chi connectivity index (χ1n) is 16.4. The highest BCUT2D eigenvalue weighted by Gasteiger charge is 2.34. The van der Waals surface area contributed by atoms with Gasteiger partial charge in [0.15, 0.2) is 5.78 Å². The third kappa shape index (κ3) is 11.2. The molecule has 0 radical (unpaired) electrons.